The van der Waals surface area contributed by atoms with Gasteiger partial charge in [-0.2, -0.15) is 0 Å². The predicted molar refractivity (Wildman–Crippen MR) is 83.1 cm³/mol. The van der Waals surface area contributed by atoms with E-state index in [1.165, 1.54) is 29.5 Å². The molecule has 0 spiro atoms. The van der Waals surface area contributed by atoms with Gasteiger partial charge in [-0.3, -0.25) is 0 Å². The van der Waals surface area contributed by atoms with Gasteiger partial charge in [0, 0.05) is 0 Å². The van der Waals surface area contributed by atoms with Crippen LogP contribution in [0.2, 0.25) is 0 Å². The summed E-state index contributed by atoms with van der Waals surface area (Å²) in [5.41, 5.74) is 7.10. The van der Waals surface area contributed by atoms with E-state index in [0.29, 0.717) is 0 Å². The van der Waals surface area contributed by atoms with Gasteiger partial charge in [-0.1, -0.05) is 36.4 Å². The lowest BCUT2D eigenvalue weighted by atomic mass is 9.93. The maximum atomic E-state index is 10.6. The molecule has 1 aliphatic rings. The van der Waals surface area contributed by atoms with Crippen molar-refractivity contribution < 1.29 is 5.11 Å². The van der Waals surface area contributed by atoms with Gasteiger partial charge in [-0.15, -0.1) is 0 Å². The first-order chi connectivity index (χ1) is 9.56. The molecule has 2 aromatic rings. The molecule has 1 unspecified atom stereocenters. The lowest BCUT2D eigenvalue weighted by Gasteiger charge is -2.16. The number of benzene rings is 2. The van der Waals surface area contributed by atoms with E-state index >= 15 is 0 Å². The molecule has 1 heteroatoms. The Bertz CT molecular complexity index is 621. The van der Waals surface area contributed by atoms with Gasteiger partial charge < -0.3 is 5.11 Å². The van der Waals surface area contributed by atoms with Gasteiger partial charge in [0.2, 0.25) is 0 Å². The predicted octanol–water partition coefficient (Wildman–Crippen LogP) is 4.57. The summed E-state index contributed by atoms with van der Waals surface area (Å²) in [6.07, 6.45) is 2.11. The average Bonchev–Trinajstić information content (AvgIpc) is 3.27. The van der Waals surface area contributed by atoms with Gasteiger partial charge in [0.1, 0.15) is 6.10 Å². The summed E-state index contributed by atoms with van der Waals surface area (Å²) in [6, 6.07) is 12.8. The molecule has 1 aliphatic carbocycles. The molecule has 0 saturated heterocycles. The van der Waals surface area contributed by atoms with Crippen molar-refractivity contribution in [3.05, 3.63) is 69.8 Å². The number of rotatable bonds is 3. The van der Waals surface area contributed by atoms with Crippen LogP contribution < -0.4 is 0 Å². The Morgan fingerprint density at radius 3 is 2.10 bits per heavy atom. The van der Waals surface area contributed by atoms with Crippen LogP contribution in [0.4, 0.5) is 0 Å². The molecule has 0 aliphatic heterocycles. The van der Waals surface area contributed by atoms with Crippen LogP contribution in [0.5, 0.6) is 0 Å². The van der Waals surface area contributed by atoms with Gasteiger partial charge >= 0.3 is 0 Å². The maximum Gasteiger partial charge on any atom is 0.104 e. The van der Waals surface area contributed by atoms with E-state index in [1.54, 1.807) is 0 Å². The van der Waals surface area contributed by atoms with E-state index in [0.717, 1.165) is 22.6 Å². The van der Waals surface area contributed by atoms with Crippen LogP contribution in [0.1, 0.15) is 58.2 Å². The normalized spacial score (nSPS) is 16.2. The largest absolute Gasteiger partial charge is 0.384 e. The van der Waals surface area contributed by atoms with Gasteiger partial charge in [0.15, 0.2) is 0 Å². The first-order valence-corrected chi connectivity index (χ1v) is 7.42. The highest BCUT2D eigenvalue weighted by molar-refractivity contribution is 5.42. The minimum Gasteiger partial charge on any atom is -0.384 e. The number of aryl methyl sites for hydroxylation is 3. The van der Waals surface area contributed by atoms with Gasteiger partial charge in [-0.25, -0.2) is 0 Å². The molecule has 1 nitrogen and oxygen atoms in total. The molecule has 0 aromatic heterocycles. The summed E-state index contributed by atoms with van der Waals surface area (Å²) < 4.78 is 0. The monoisotopic (exact) mass is 266 g/mol. The van der Waals surface area contributed by atoms with Gasteiger partial charge in [-0.05, 0) is 72.9 Å². The van der Waals surface area contributed by atoms with E-state index in [4.69, 9.17) is 0 Å². The van der Waals surface area contributed by atoms with Crippen LogP contribution in [0.3, 0.4) is 0 Å². The zero-order valence-electron chi connectivity index (χ0n) is 12.5. The van der Waals surface area contributed by atoms with Crippen molar-refractivity contribution in [2.45, 2.75) is 45.6 Å². The second-order valence-corrected chi connectivity index (χ2v) is 6.14. The van der Waals surface area contributed by atoms with Crippen LogP contribution >= 0.6 is 0 Å². The van der Waals surface area contributed by atoms with Crippen molar-refractivity contribution in [2.24, 2.45) is 0 Å². The van der Waals surface area contributed by atoms with E-state index in [1.807, 2.05) is 0 Å². The fourth-order valence-electron chi connectivity index (χ4n) is 2.82. The summed E-state index contributed by atoms with van der Waals surface area (Å²) >= 11 is 0. The van der Waals surface area contributed by atoms with Gasteiger partial charge in [0.05, 0.1) is 0 Å². The SMILES string of the molecule is Cc1cc(C)c(C(O)c2ccc(C3CC3)cc2)cc1C. The molecule has 0 amide bonds. The van der Waals surface area contributed by atoms with Crippen LogP contribution in [0.15, 0.2) is 36.4 Å². The number of aliphatic hydroxyl groups is 1. The molecule has 1 fully saturated rings. The smallest absolute Gasteiger partial charge is 0.104 e. The van der Waals surface area contributed by atoms with Crippen molar-refractivity contribution in [3.63, 3.8) is 0 Å². The van der Waals surface area contributed by atoms with Crippen molar-refractivity contribution in [1.29, 1.82) is 0 Å². The summed E-state index contributed by atoms with van der Waals surface area (Å²) in [7, 11) is 0. The highest BCUT2D eigenvalue weighted by atomic mass is 16.3. The Morgan fingerprint density at radius 1 is 0.900 bits per heavy atom. The van der Waals surface area contributed by atoms with Crippen molar-refractivity contribution in [1.82, 2.24) is 0 Å². The van der Waals surface area contributed by atoms with Crippen LogP contribution in [-0.4, -0.2) is 5.11 Å². The Balaban J connectivity index is 1.91. The quantitative estimate of drug-likeness (QED) is 0.862. The first kappa shape index (κ1) is 13.4. The number of hydrogen-bond acceptors (Lipinski definition) is 1. The number of hydrogen-bond donors (Lipinski definition) is 1. The Morgan fingerprint density at radius 2 is 1.50 bits per heavy atom. The molecule has 3 rings (SSSR count). The van der Waals surface area contributed by atoms with Gasteiger partial charge in [0.25, 0.3) is 0 Å². The van der Waals surface area contributed by atoms with Crippen LogP contribution in [0.25, 0.3) is 0 Å². The molecule has 0 heterocycles. The topological polar surface area (TPSA) is 20.2 Å². The van der Waals surface area contributed by atoms with Crippen molar-refractivity contribution in [3.8, 4) is 0 Å². The molecule has 0 bridgehead atoms. The fraction of sp³-hybridized carbons (Fsp3) is 0.368. The zero-order valence-corrected chi connectivity index (χ0v) is 12.5. The molecule has 2 aromatic carbocycles. The molecule has 0 radical (unpaired) electrons. The summed E-state index contributed by atoms with van der Waals surface area (Å²) in [5, 5.41) is 10.6. The Hall–Kier alpha value is -1.60. The fourth-order valence-corrected chi connectivity index (χ4v) is 2.82. The van der Waals surface area contributed by atoms with E-state index in [2.05, 4.69) is 57.2 Å². The molecule has 104 valence electrons. The molecular formula is C19H22O. The standard InChI is InChI=1S/C19H22O/c1-12-10-14(3)18(11-13(12)2)19(20)17-8-6-16(7-9-17)15-4-5-15/h6-11,15,19-20H,4-5H2,1-3H3. The van der Waals surface area contributed by atoms with E-state index in [-0.39, 0.29) is 0 Å². The third-order valence-corrected chi connectivity index (χ3v) is 4.48. The minimum atomic E-state index is -0.525. The summed E-state index contributed by atoms with van der Waals surface area (Å²) in [5.74, 6) is 0.768. The second kappa shape index (κ2) is 5.06. The lowest BCUT2D eigenvalue weighted by Crippen LogP contribution is -2.03. The second-order valence-electron chi connectivity index (χ2n) is 6.14. The highest BCUT2D eigenvalue weighted by Gasteiger charge is 2.23. The maximum absolute atomic E-state index is 10.6. The molecule has 1 atom stereocenters. The molecule has 20 heavy (non-hydrogen) atoms. The molecule has 1 saturated carbocycles. The third kappa shape index (κ3) is 2.51. The van der Waals surface area contributed by atoms with Crippen LogP contribution in [0, 0.1) is 20.8 Å². The first-order valence-electron chi connectivity index (χ1n) is 7.42. The molecular weight excluding hydrogens is 244 g/mol. The Kier molecular flexibility index (Phi) is 3.39. The summed E-state index contributed by atoms with van der Waals surface area (Å²) in [6.45, 7) is 6.29. The molecule has 1 N–H and O–H groups in total. The average molecular weight is 266 g/mol. The minimum absolute atomic E-state index is 0.525. The van der Waals surface area contributed by atoms with Crippen molar-refractivity contribution in [2.75, 3.05) is 0 Å². The van der Waals surface area contributed by atoms with Crippen LogP contribution in [-0.2, 0) is 0 Å². The zero-order chi connectivity index (χ0) is 14.3. The highest BCUT2D eigenvalue weighted by Crippen LogP contribution is 2.40. The third-order valence-electron chi connectivity index (χ3n) is 4.48. The lowest BCUT2D eigenvalue weighted by molar-refractivity contribution is 0.219. The Labute approximate surface area is 121 Å². The number of aliphatic hydroxyl groups excluding tert-OH is 1. The summed E-state index contributed by atoms with van der Waals surface area (Å²) in [4.78, 5) is 0. The van der Waals surface area contributed by atoms with Crippen molar-refractivity contribution >= 4 is 0 Å². The van der Waals surface area contributed by atoms with E-state index < -0.39 is 6.10 Å². The van der Waals surface area contributed by atoms with E-state index in [9.17, 15) is 5.11 Å².